The summed E-state index contributed by atoms with van der Waals surface area (Å²) in [5, 5.41) is 35.9. The summed E-state index contributed by atoms with van der Waals surface area (Å²) < 4.78 is 0. The van der Waals surface area contributed by atoms with Gasteiger partial charge in [-0.2, -0.15) is 0 Å². The van der Waals surface area contributed by atoms with E-state index in [0.29, 0.717) is 24.5 Å². The van der Waals surface area contributed by atoms with Gasteiger partial charge in [0.15, 0.2) is 0 Å². The third-order valence-electron chi connectivity index (χ3n) is 10.2. The van der Waals surface area contributed by atoms with E-state index in [2.05, 4.69) is 39.8 Å². The molecular weight excluding hydrogens is 484 g/mol. The molecule has 0 aliphatic heterocycles. The summed E-state index contributed by atoms with van der Waals surface area (Å²) in [5.41, 5.74) is 2.83. The van der Waals surface area contributed by atoms with Crippen molar-refractivity contribution in [1.82, 2.24) is 0 Å². The molecule has 0 amide bonds. The van der Waals surface area contributed by atoms with Gasteiger partial charge in [-0.05, 0) is 106 Å². The van der Waals surface area contributed by atoms with Crippen molar-refractivity contribution in [2.45, 2.75) is 136 Å². The molecule has 1 aromatic carbocycles. The molecule has 6 rings (SSSR count). The lowest BCUT2D eigenvalue weighted by atomic mass is 9.60. The number of benzene rings is 1. The highest BCUT2D eigenvalue weighted by Crippen LogP contribution is 2.51. The number of aryl methyl sites for hydroxylation is 1. The SMILES string of the molecule is CC12CCC(O)(CC1)CC2.CC1CCC(CCO)CC1.CC1CCC(CO)CC1.Cc1ccc(CCO)cc1. The zero-order valence-corrected chi connectivity index (χ0v) is 25.8. The summed E-state index contributed by atoms with van der Waals surface area (Å²) in [5.74, 6) is 3.31. The predicted octanol–water partition coefficient (Wildman–Crippen LogP) is 7.62. The van der Waals surface area contributed by atoms with Crippen LogP contribution in [0.25, 0.3) is 0 Å². The monoisotopic (exact) mass is 546 g/mol. The maximum atomic E-state index is 9.83. The first-order valence-corrected chi connectivity index (χ1v) is 16.2. The van der Waals surface area contributed by atoms with Gasteiger partial charge in [0.05, 0.1) is 5.60 Å². The Morgan fingerprint density at radius 2 is 1.13 bits per heavy atom. The molecule has 5 fully saturated rings. The molecule has 0 atom stereocenters. The minimum Gasteiger partial charge on any atom is -0.396 e. The summed E-state index contributed by atoms with van der Waals surface area (Å²) in [6, 6.07) is 8.22. The fourth-order valence-electron chi connectivity index (χ4n) is 6.55. The van der Waals surface area contributed by atoms with Crippen molar-refractivity contribution >= 4 is 0 Å². The van der Waals surface area contributed by atoms with E-state index in [1.807, 2.05) is 12.1 Å². The molecule has 0 heterocycles. The van der Waals surface area contributed by atoms with Gasteiger partial charge in [-0.25, -0.2) is 0 Å². The highest BCUT2D eigenvalue weighted by Gasteiger charge is 2.44. The molecule has 4 heteroatoms. The van der Waals surface area contributed by atoms with Crippen molar-refractivity contribution < 1.29 is 20.4 Å². The minimum absolute atomic E-state index is 0.238. The molecule has 5 saturated carbocycles. The Balaban J connectivity index is 0.000000183. The second-order valence-electron chi connectivity index (χ2n) is 13.9. The first kappa shape index (κ1) is 34.3. The van der Waals surface area contributed by atoms with Crippen LogP contribution in [0.15, 0.2) is 24.3 Å². The van der Waals surface area contributed by atoms with Gasteiger partial charge in [0.1, 0.15) is 0 Å². The molecular formula is C35H62O4. The highest BCUT2D eigenvalue weighted by atomic mass is 16.3. The van der Waals surface area contributed by atoms with Crippen LogP contribution < -0.4 is 0 Å². The van der Waals surface area contributed by atoms with Crippen LogP contribution in [-0.4, -0.2) is 45.8 Å². The number of hydrogen-bond donors (Lipinski definition) is 4. The molecule has 226 valence electrons. The maximum Gasteiger partial charge on any atom is 0.0648 e. The molecule has 0 saturated heterocycles. The zero-order chi connectivity index (χ0) is 28.7. The third kappa shape index (κ3) is 13.5. The lowest BCUT2D eigenvalue weighted by molar-refractivity contribution is -0.0854. The van der Waals surface area contributed by atoms with Crippen LogP contribution in [0.2, 0.25) is 0 Å². The molecule has 5 aliphatic rings. The van der Waals surface area contributed by atoms with Crippen LogP contribution in [0, 0.1) is 36.0 Å². The van der Waals surface area contributed by atoms with Gasteiger partial charge < -0.3 is 20.4 Å². The van der Waals surface area contributed by atoms with Crippen molar-refractivity contribution in [2.75, 3.05) is 19.8 Å². The molecule has 4 nitrogen and oxygen atoms in total. The molecule has 5 aliphatic carbocycles. The van der Waals surface area contributed by atoms with Crippen molar-refractivity contribution in [3.05, 3.63) is 35.4 Å². The van der Waals surface area contributed by atoms with E-state index in [-0.39, 0.29) is 12.2 Å². The fourth-order valence-corrected chi connectivity index (χ4v) is 6.55. The van der Waals surface area contributed by atoms with Gasteiger partial charge in [-0.1, -0.05) is 89.1 Å². The van der Waals surface area contributed by atoms with Crippen LogP contribution in [0.1, 0.15) is 128 Å². The van der Waals surface area contributed by atoms with Gasteiger partial charge in [0.25, 0.3) is 0 Å². The Morgan fingerprint density at radius 3 is 1.51 bits per heavy atom. The highest BCUT2D eigenvalue weighted by molar-refractivity contribution is 5.21. The Hall–Kier alpha value is -0.940. The Kier molecular flexibility index (Phi) is 15.6. The number of fused-ring (bicyclic) bond motifs is 3. The number of rotatable bonds is 5. The van der Waals surface area contributed by atoms with Crippen LogP contribution >= 0.6 is 0 Å². The van der Waals surface area contributed by atoms with Crippen molar-refractivity contribution in [2.24, 2.45) is 29.1 Å². The number of aliphatic hydroxyl groups excluding tert-OH is 3. The first-order chi connectivity index (χ1) is 18.6. The van der Waals surface area contributed by atoms with E-state index < -0.39 is 0 Å². The lowest BCUT2D eigenvalue weighted by Crippen LogP contribution is -2.44. The van der Waals surface area contributed by atoms with Crippen molar-refractivity contribution in [3.8, 4) is 0 Å². The van der Waals surface area contributed by atoms with Crippen LogP contribution in [0.3, 0.4) is 0 Å². The number of aliphatic hydroxyl groups is 4. The maximum absolute atomic E-state index is 9.83. The van der Waals surface area contributed by atoms with Crippen molar-refractivity contribution in [1.29, 1.82) is 0 Å². The van der Waals surface area contributed by atoms with Gasteiger partial charge in [-0.3, -0.25) is 0 Å². The van der Waals surface area contributed by atoms with Gasteiger partial charge in [-0.15, -0.1) is 0 Å². The smallest absolute Gasteiger partial charge is 0.0648 e. The minimum atomic E-state index is -0.238. The first-order valence-electron chi connectivity index (χ1n) is 16.2. The zero-order valence-electron chi connectivity index (χ0n) is 25.8. The van der Waals surface area contributed by atoms with E-state index in [9.17, 15) is 5.11 Å². The molecule has 0 spiro atoms. The van der Waals surface area contributed by atoms with E-state index >= 15 is 0 Å². The van der Waals surface area contributed by atoms with E-state index in [1.165, 1.54) is 81.8 Å². The van der Waals surface area contributed by atoms with E-state index in [0.717, 1.165) is 49.9 Å². The summed E-state index contributed by atoms with van der Waals surface area (Å²) in [7, 11) is 0. The fraction of sp³-hybridized carbons (Fsp3) is 0.829. The largest absolute Gasteiger partial charge is 0.396 e. The molecule has 1 aromatic rings. The van der Waals surface area contributed by atoms with Crippen molar-refractivity contribution in [3.63, 3.8) is 0 Å². The molecule has 4 N–H and O–H groups in total. The lowest BCUT2D eigenvalue weighted by Gasteiger charge is -2.49. The molecule has 2 bridgehead atoms. The van der Waals surface area contributed by atoms with Crippen LogP contribution in [-0.2, 0) is 6.42 Å². The molecule has 0 radical (unpaired) electrons. The Morgan fingerprint density at radius 1 is 0.667 bits per heavy atom. The summed E-state index contributed by atoms with van der Waals surface area (Å²) in [6.45, 7) is 10.1. The quantitative estimate of drug-likeness (QED) is 0.306. The van der Waals surface area contributed by atoms with Gasteiger partial charge in [0.2, 0.25) is 0 Å². The van der Waals surface area contributed by atoms with Gasteiger partial charge >= 0.3 is 0 Å². The number of hydrogen-bond acceptors (Lipinski definition) is 4. The normalized spacial score (nSPS) is 33.4. The topological polar surface area (TPSA) is 80.9 Å². The molecule has 0 unspecified atom stereocenters. The molecule has 0 aromatic heterocycles. The van der Waals surface area contributed by atoms with Crippen LogP contribution in [0.4, 0.5) is 0 Å². The average molecular weight is 547 g/mol. The average Bonchev–Trinajstić information content (AvgIpc) is 2.94. The summed E-state index contributed by atoms with van der Waals surface area (Å²) >= 11 is 0. The second kappa shape index (κ2) is 17.8. The summed E-state index contributed by atoms with van der Waals surface area (Å²) in [6.07, 6.45) is 19.3. The predicted molar refractivity (Wildman–Crippen MR) is 164 cm³/mol. The summed E-state index contributed by atoms with van der Waals surface area (Å²) in [4.78, 5) is 0. The Bertz CT molecular complexity index is 702. The molecule has 39 heavy (non-hydrogen) atoms. The second-order valence-corrected chi connectivity index (χ2v) is 13.9. The van der Waals surface area contributed by atoms with E-state index in [4.69, 9.17) is 15.3 Å². The Labute approximate surface area is 240 Å². The van der Waals surface area contributed by atoms with E-state index in [1.54, 1.807) is 0 Å². The van der Waals surface area contributed by atoms with Gasteiger partial charge in [0, 0.05) is 19.8 Å². The standard InChI is InChI=1S/C9H16O.C9H18O.C9H12O.C8H16O/c1-8-2-5-9(10,6-3-8)7-4-8;2*1-8-2-4-9(5-3-8)6-7-10;1-7-2-4-8(6-9)5-3-7/h10H,2-7H2,1H3;8-10H,2-7H2,1H3;2-5,10H,6-7H2,1H3;7-9H,2-6H2,1H3. The van der Waals surface area contributed by atoms with Crippen LogP contribution in [0.5, 0.6) is 0 Å². The third-order valence-corrected chi connectivity index (χ3v) is 10.2.